The van der Waals surface area contributed by atoms with Crippen LogP contribution in [0.1, 0.15) is 15.3 Å². The van der Waals surface area contributed by atoms with Gasteiger partial charge in [0.15, 0.2) is 5.96 Å². The summed E-state index contributed by atoms with van der Waals surface area (Å²) in [4.78, 5) is 9.05. The van der Waals surface area contributed by atoms with Gasteiger partial charge in [-0.1, -0.05) is 0 Å². The first-order valence-electron chi connectivity index (χ1n) is 7.75. The highest BCUT2D eigenvalue weighted by Crippen LogP contribution is 2.25. The maximum absolute atomic E-state index is 5.47. The molecule has 2 aromatic rings. The molecule has 0 aliphatic heterocycles. The second kappa shape index (κ2) is 10.5. The number of ether oxygens (including phenoxy) is 2. The van der Waals surface area contributed by atoms with E-state index in [0.29, 0.717) is 6.54 Å². The normalized spacial score (nSPS) is 10.8. The number of hydrogen-bond acceptors (Lipinski definition) is 4. The second-order valence-corrected chi connectivity index (χ2v) is 6.82. The van der Waals surface area contributed by atoms with Gasteiger partial charge in [-0.05, 0) is 31.2 Å². The van der Waals surface area contributed by atoms with Crippen molar-refractivity contribution in [3.63, 3.8) is 0 Å². The molecular formula is C18H26IN3O2S. The largest absolute Gasteiger partial charge is 0.497 e. The van der Waals surface area contributed by atoms with E-state index in [0.717, 1.165) is 29.6 Å². The lowest BCUT2D eigenvalue weighted by Gasteiger charge is -2.23. The highest BCUT2D eigenvalue weighted by Gasteiger charge is 2.11. The van der Waals surface area contributed by atoms with Gasteiger partial charge in [-0.2, -0.15) is 0 Å². The molecule has 0 fully saturated rings. The van der Waals surface area contributed by atoms with Crippen LogP contribution in [0.2, 0.25) is 0 Å². The zero-order valence-electron chi connectivity index (χ0n) is 15.3. The lowest BCUT2D eigenvalue weighted by molar-refractivity contribution is 0.382. The third-order valence-corrected chi connectivity index (χ3v) is 4.69. The second-order valence-electron chi connectivity index (χ2n) is 5.45. The number of thiophene rings is 1. The zero-order valence-corrected chi connectivity index (χ0v) is 18.5. The van der Waals surface area contributed by atoms with Gasteiger partial charge < -0.3 is 19.7 Å². The van der Waals surface area contributed by atoms with E-state index < -0.39 is 0 Å². The number of rotatable bonds is 6. The number of nitrogens with one attached hydrogen (secondary N) is 1. The first-order valence-corrected chi connectivity index (χ1v) is 8.57. The van der Waals surface area contributed by atoms with Crippen LogP contribution >= 0.6 is 35.3 Å². The summed E-state index contributed by atoms with van der Waals surface area (Å²) in [5.74, 6) is 2.44. The Kier molecular flexibility index (Phi) is 9.05. The molecule has 1 aromatic carbocycles. The minimum absolute atomic E-state index is 0. The van der Waals surface area contributed by atoms with E-state index >= 15 is 0 Å². The Balaban J connectivity index is 0.00000312. The molecule has 0 radical (unpaired) electrons. The summed E-state index contributed by atoms with van der Waals surface area (Å²) in [5, 5.41) is 3.40. The molecule has 1 aromatic heterocycles. The van der Waals surface area contributed by atoms with Gasteiger partial charge in [0, 0.05) is 42.0 Å². The van der Waals surface area contributed by atoms with Gasteiger partial charge in [-0.3, -0.25) is 4.99 Å². The number of aliphatic imine (C=N–C) groups is 1. The summed E-state index contributed by atoms with van der Waals surface area (Å²) >= 11 is 1.80. The van der Waals surface area contributed by atoms with Crippen molar-refractivity contribution >= 4 is 41.3 Å². The molecule has 0 amide bonds. The molecule has 0 spiro atoms. The van der Waals surface area contributed by atoms with Crippen LogP contribution < -0.4 is 14.8 Å². The minimum atomic E-state index is 0. The van der Waals surface area contributed by atoms with Crippen LogP contribution in [0.4, 0.5) is 0 Å². The van der Waals surface area contributed by atoms with Gasteiger partial charge in [0.2, 0.25) is 0 Å². The van der Waals surface area contributed by atoms with E-state index in [1.165, 1.54) is 9.75 Å². The van der Waals surface area contributed by atoms with Gasteiger partial charge >= 0.3 is 0 Å². The molecule has 5 nitrogen and oxygen atoms in total. The number of methoxy groups -OCH3 is 2. The molecule has 138 valence electrons. The van der Waals surface area contributed by atoms with Crippen LogP contribution in [-0.2, 0) is 13.1 Å². The SMILES string of the molecule is CN=C(NCc1ccc(C)s1)N(C)Cc1ccc(OC)cc1OC.I. The lowest BCUT2D eigenvalue weighted by atomic mass is 10.2. The Hall–Kier alpha value is -1.48. The van der Waals surface area contributed by atoms with Crippen molar-refractivity contribution in [1.29, 1.82) is 0 Å². The molecule has 7 heteroatoms. The number of aryl methyl sites for hydroxylation is 1. The molecule has 0 aliphatic rings. The fourth-order valence-electron chi connectivity index (χ4n) is 2.44. The van der Waals surface area contributed by atoms with E-state index in [4.69, 9.17) is 9.47 Å². The third kappa shape index (κ3) is 6.07. The predicted molar refractivity (Wildman–Crippen MR) is 116 cm³/mol. The highest BCUT2D eigenvalue weighted by atomic mass is 127. The minimum Gasteiger partial charge on any atom is -0.497 e. The summed E-state index contributed by atoms with van der Waals surface area (Å²) < 4.78 is 10.7. The molecule has 0 bridgehead atoms. The third-order valence-electron chi connectivity index (χ3n) is 3.69. The quantitative estimate of drug-likeness (QED) is 0.391. The van der Waals surface area contributed by atoms with Crippen LogP contribution in [0.25, 0.3) is 0 Å². The summed E-state index contributed by atoms with van der Waals surface area (Å²) in [6, 6.07) is 10.1. The molecule has 0 saturated carbocycles. The smallest absolute Gasteiger partial charge is 0.193 e. The molecular weight excluding hydrogens is 449 g/mol. The van der Waals surface area contributed by atoms with E-state index in [1.54, 1.807) is 32.6 Å². The molecule has 1 heterocycles. The van der Waals surface area contributed by atoms with Crippen LogP contribution in [0.5, 0.6) is 11.5 Å². The van der Waals surface area contributed by atoms with E-state index in [2.05, 4.69) is 34.3 Å². The van der Waals surface area contributed by atoms with Crippen molar-refractivity contribution in [1.82, 2.24) is 10.2 Å². The van der Waals surface area contributed by atoms with Gasteiger partial charge in [0.05, 0.1) is 20.8 Å². The maximum atomic E-state index is 5.47. The van der Waals surface area contributed by atoms with Crippen molar-refractivity contribution in [2.45, 2.75) is 20.0 Å². The summed E-state index contributed by atoms with van der Waals surface area (Å²) in [6.45, 7) is 3.58. The van der Waals surface area contributed by atoms with Gasteiger partial charge in [-0.25, -0.2) is 0 Å². The highest BCUT2D eigenvalue weighted by molar-refractivity contribution is 14.0. The number of hydrogen-bond donors (Lipinski definition) is 1. The molecule has 0 atom stereocenters. The Morgan fingerprint density at radius 3 is 2.52 bits per heavy atom. The standard InChI is InChI=1S/C18H25N3O2S.HI/c1-13-6-9-16(24-13)11-20-18(19-2)21(3)12-14-7-8-15(22-4)10-17(14)23-5;/h6-10H,11-12H2,1-5H3,(H,19,20);1H. The fraction of sp³-hybridized carbons (Fsp3) is 0.389. The summed E-state index contributed by atoms with van der Waals surface area (Å²) in [5.41, 5.74) is 1.08. The van der Waals surface area contributed by atoms with Gasteiger partial charge in [0.25, 0.3) is 0 Å². The number of benzene rings is 1. The molecule has 0 saturated heterocycles. The van der Waals surface area contributed by atoms with Crippen molar-refractivity contribution in [2.75, 3.05) is 28.3 Å². The monoisotopic (exact) mass is 475 g/mol. The Morgan fingerprint density at radius 1 is 1.20 bits per heavy atom. The van der Waals surface area contributed by atoms with E-state index in [1.807, 2.05) is 25.2 Å². The zero-order chi connectivity index (χ0) is 17.5. The molecule has 2 rings (SSSR count). The Morgan fingerprint density at radius 2 is 1.96 bits per heavy atom. The molecule has 0 unspecified atom stereocenters. The first-order chi connectivity index (χ1) is 11.6. The topological polar surface area (TPSA) is 46.1 Å². The van der Waals surface area contributed by atoms with E-state index in [-0.39, 0.29) is 24.0 Å². The number of halogens is 1. The molecule has 25 heavy (non-hydrogen) atoms. The van der Waals surface area contributed by atoms with Gasteiger partial charge in [-0.15, -0.1) is 35.3 Å². The van der Waals surface area contributed by atoms with Crippen LogP contribution in [0.3, 0.4) is 0 Å². The average Bonchev–Trinajstić information content (AvgIpc) is 3.01. The van der Waals surface area contributed by atoms with Crippen molar-refractivity contribution < 1.29 is 9.47 Å². The molecule has 1 N–H and O–H groups in total. The van der Waals surface area contributed by atoms with Crippen LogP contribution in [0.15, 0.2) is 35.3 Å². The predicted octanol–water partition coefficient (Wildman–Crippen LogP) is 3.90. The number of guanidine groups is 1. The van der Waals surface area contributed by atoms with E-state index in [9.17, 15) is 0 Å². The lowest BCUT2D eigenvalue weighted by Crippen LogP contribution is -2.37. The Labute approximate surface area is 171 Å². The van der Waals surface area contributed by atoms with Crippen LogP contribution in [0, 0.1) is 6.92 Å². The maximum Gasteiger partial charge on any atom is 0.193 e. The fourth-order valence-corrected chi connectivity index (χ4v) is 3.27. The van der Waals surface area contributed by atoms with Crippen LogP contribution in [-0.4, -0.2) is 39.2 Å². The Bertz CT molecular complexity index is 703. The summed E-state index contributed by atoms with van der Waals surface area (Å²) in [6.07, 6.45) is 0. The van der Waals surface area contributed by atoms with Crippen molar-refractivity contribution in [3.8, 4) is 11.5 Å². The average molecular weight is 475 g/mol. The van der Waals surface area contributed by atoms with Crippen molar-refractivity contribution in [2.24, 2.45) is 4.99 Å². The molecule has 0 aliphatic carbocycles. The number of nitrogens with zero attached hydrogens (tertiary/aromatic N) is 2. The van der Waals surface area contributed by atoms with Crippen molar-refractivity contribution in [3.05, 3.63) is 45.6 Å². The first kappa shape index (κ1) is 21.6. The summed E-state index contributed by atoms with van der Waals surface area (Å²) in [7, 11) is 7.13. The van der Waals surface area contributed by atoms with Gasteiger partial charge in [0.1, 0.15) is 11.5 Å².